The van der Waals surface area contributed by atoms with Gasteiger partial charge in [0.1, 0.15) is 5.82 Å². The van der Waals surface area contributed by atoms with Crippen LogP contribution < -0.4 is 0 Å². The zero-order valence-corrected chi connectivity index (χ0v) is 11.4. The maximum atomic E-state index is 13.0. The van der Waals surface area contributed by atoms with Crippen LogP contribution in [-0.2, 0) is 9.84 Å². The molecule has 0 bridgehead atoms. The van der Waals surface area contributed by atoms with Crippen molar-refractivity contribution in [2.75, 3.05) is 11.1 Å². The monoisotopic (exact) mass is 308 g/mol. The second-order valence-corrected chi connectivity index (χ2v) is 6.53. The number of benzene rings is 1. The lowest BCUT2D eigenvalue weighted by atomic mass is 10.2. The number of hydrogen-bond acceptors (Lipinski definition) is 2. The van der Waals surface area contributed by atoms with Gasteiger partial charge in [-0.3, -0.25) is 0 Å². The van der Waals surface area contributed by atoms with E-state index in [1.165, 1.54) is 18.2 Å². The van der Waals surface area contributed by atoms with Crippen LogP contribution in [0.15, 0.2) is 23.1 Å². The number of halogens is 2. The number of hydrogen-bond donors (Lipinski definition) is 0. The van der Waals surface area contributed by atoms with Crippen LogP contribution in [-0.4, -0.2) is 19.5 Å². The molecule has 0 aliphatic heterocycles. The Morgan fingerprint density at radius 1 is 1.31 bits per heavy atom. The fourth-order valence-corrected chi connectivity index (χ4v) is 3.16. The Kier molecular flexibility index (Phi) is 4.92. The Bertz CT molecular complexity index is 457. The molecular formula is C11H14BrFO2S. The van der Waals surface area contributed by atoms with E-state index in [1.54, 1.807) is 6.92 Å². The smallest absolute Gasteiger partial charge is 0.178 e. The standard InChI is InChI=1S/C11H14BrFO2S/c1-9-8-10(4-5-11(9)13)16(14,15)7-3-2-6-12/h4-5,8H,2-3,6-7H2,1H3. The van der Waals surface area contributed by atoms with Crippen molar-refractivity contribution >= 4 is 25.8 Å². The van der Waals surface area contributed by atoms with Gasteiger partial charge in [-0.05, 0) is 43.5 Å². The molecule has 0 radical (unpaired) electrons. The van der Waals surface area contributed by atoms with Gasteiger partial charge in [0, 0.05) is 5.33 Å². The predicted molar refractivity (Wildman–Crippen MR) is 66.2 cm³/mol. The Labute approximate surface area is 104 Å². The quantitative estimate of drug-likeness (QED) is 0.476. The summed E-state index contributed by atoms with van der Waals surface area (Å²) in [5, 5.41) is 0.797. The molecule has 0 aliphatic carbocycles. The third kappa shape index (κ3) is 3.56. The van der Waals surface area contributed by atoms with Crippen molar-refractivity contribution in [3.8, 4) is 0 Å². The zero-order chi connectivity index (χ0) is 12.2. The summed E-state index contributed by atoms with van der Waals surface area (Å²) >= 11 is 3.25. The summed E-state index contributed by atoms with van der Waals surface area (Å²) < 4.78 is 36.7. The van der Waals surface area contributed by atoms with Crippen LogP contribution in [0.3, 0.4) is 0 Å². The summed E-state index contributed by atoms with van der Waals surface area (Å²) in [4.78, 5) is 0.209. The molecule has 0 atom stereocenters. The topological polar surface area (TPSA) is 34.1 Å². The third-order valence-corrected chi connectivity index (χ3v) is 4.64. The lowest BCUT2D eigenvalue weighted by molar-refractivity contribution is 0.591. The fraction of sp³-hybridized carbons (Fsp3) is 0.455. The molecule has 90 valence electrons. The molecule has 1 rings (SSSR count). The molecule has 0 N–H and O–H groups in total. The predicted octanol–water partition coefficient (Wildman–Crippen LogP) is 3.08. The van der Waals surface area contributed by atoms with Crippen molar-refractivity contribution in [1.82, 2.24) is 0 Å². The van der Waals surface area contributed by atoms with E-state index in [0.717, 1.165) is 11.8 Å². The third-order valence-electron chi connectivity index (χ3n) is 2.29. The SMILES string of the molecule is Cc1cc(S(=O)(=O)CCCCBr)ccc1F. The van der Waals surface area contributed by atoms with Crippen LogP contribution >= 0.6 is 15.9 Å². The number of unbranched alkanes of at least 4 members (excludes halogenated alkanes) is 1. The molecule has 0 unspecified atom stereocenters. The van der Waals surface area contributed by atoms with E-state index < -0.39 is 9.84 Å². The largest absolute Gasteiger partial charge is 0.224 e. The van der Waals surface area contributed by atoms with Crippen molar-refractivity contribution in [2.24, 2.45) is 0 Å². The van der Waals surface area contributed by atoms with E-state index in [9.17, 15) is 12.8 Å². The van der Waals surface area contributed by atoms with Gasteiger partial charge >= 0.3 is 0 Å². The first kappa shape index (κ1) is 13.6. The van der Waals surface area contributed by atoms with Crippen molar-refractivity contribution in [3.05, 3.63) is 29.6 Å². The molecule has 1 aromatic rings. The highest BCUT2D eigenvalue weighted by atomic mass is 79.9. The highest BCUT2D eigenvalue weighted by molar-refractivity contribution is 9.09. The summed E-state index contributed by atoms with van der Waals surface area (Å²) in [6.45, 7) is 1.56. The van der Waals surface area contributed by atoms with Crippen LogP contribution in [0.1, 0.15) is 18.4 Å². The van der Waals surface area contributed by atoms with Crippen molar-refractivity contribution < 1.29 is 12.8 Å². The molecular weight excluding hydrogens is 295 g/mol. The molecule has 0 amide bonds. The lowest BCUT2D eigenvalue weighted by Gasteiger charge is -2.05. The number of aryl methyl sites for hydroxylation is 1. The van der Waals surface area contributed by atoms with Crippen molar-refractivity contribution in [3.63, 3.8) is 0 Å². The molecule has 0 heterocycles. The molecule has 0 aromatic heterocycles. The molecule has 1 aromatic carbocycles. The maximum Gasteiger partial charge on any atom is 0.178 e. The maximum absolute atomic E-state index is 13.0. The van der Waals surface area contributed by atoms with Crippen LogP contribution in [0.2, 0.25) is 0 Å². The van der Waals surface area contributed by atoms with Crippen LogP contribution in [0.25, 0.3) is 0 Å². The second-order valence-electron chi connectivity index (χ2n) is 3.63. The minimum Gasteiger partial charge on any atom is -0.224 e. The van der Waals surface area contributed by atoms with Gasteiger partial charge in [-0.15, -0.1) is 0 Å². The normalized spacial score (nSPS) is 11.7. The van der Waals surface area contributed by atoms with E-state index in [1.807, 2.05) is 0 Å². The molecule has 0 saturated carbocycles. The molecule has 0 spiro atoms. The Morgan fingerprint density at radius 2 is 2.00 bits per heavy atom. The summed E-state index contributed by atoms with van der Waals surface area (Å²) in [6.07, 6.45) is 1.43. The van der Waals surface area contributed by atoms with Crippen molar-refractivity contribution in [2.45, 2.75) is 24.7 Å². The van der Waals surface area contributed by atoms with Crippen LogP contribution in [0.5, 0.6) is 0 Å². The highest BCUT2D eigenvalue weighted by Gasteiger charge is 2.14. The van der Waals surface area contributed by atoms with Crippen molar-refractivity contribution in [1.29, 1.82) is 0 Å². The fourth-order valence-electron chi connectivity index (χ4n) is 1.32. The number of rotatable bonds is 5. The summed E-state index contributed by atoms with van der Waals surface area (Å²) in [7, 11) is -3.26. The van der Waals surface area contributed by atoms with Gasteiger partial charge in [0.2, 0.25) is 0 Å². The molecule has 0 aliphatic rings. The average molecular weight is 309 g/mol. The second kappa shape index (κ2) is 5.77. The first-order valence-corrected chi connectivity index (χ1v) is 7.79. The van der Waals surface area contributed by atoms with Gasteiger partial charge in [0.25, 0.3) is 0 Å². The minimum atomic E-state index is -3.26. The molecule has 5 heteroatoms. The average Bonchev–Trinajstić information content (AvgIpc) is 2.22. The van der Waals surface area contributed by atoms with E-state index in [2.05, 4.69) is 15.9 Å². The highest BCUT2D eigenvalue weighted by Crippen LogP contribution is 2.16. The van der Waals surface area contributed by atoms with E-state index in [0.29, 0.717) is 12.0 Å². The van der Waals surface area contributed by atoms with E-state index in [-0.39, 0.29) is 16.5 Å². The van der Waals surface area contributed by atoms with E-state index >= 15 is 0 Å². The molecule has 16 heavy (non-hydrogen) atoms. The number of sulfone groups is 1. The summed E-state index contributed by atoms with van der Waals surface area (Å²) in [6, 6.07) is 3.91. The van der Waals surface area contributed by atoms with Gasteiger partial charge in [0.05, 0.1) is 10.6 Å². The van der Waals surface area contributed by atoms with Gasteiger partial charge < -0.3 is 0 Å². The summed E-state index contributed by atoms with van der Waals surface area (Å²) in [5.41, 5.74) is 0.363. The zero-order valence-electron chi connectivity index (χ0n) is 9.04. The first-order valence-electron chi connectivity index (χ1n) is 5.02. The minimum absolute atomic E-state index is 0.115. The molecule has 0 fully saturated rings. The van der Waals surface area contributed by atoms with Gasteiger partial charge in [0.15, 0.2) is 9.84 Å². The van der Waals surface area contributed by atoms with Crippen LogP contribution in [0, 0.1) is 12.7 Å². The Morgan fingerprint density at radius 3 is 2.56 bits per heavy atom. The van der Waals surface area contributed by atoms with Gasteiger partial charge in [-0.1, -0.05) is 15.9 Å². The first-order chi connectivity index (χ1) is 7.47. The van der Waals surface area contributed by atoms with Gasteiger partial charge in [-0.25, -0.2) is 12.8 Å². The Hall–Kier alpha value is -0.420. The van der Waals surface area contributed by atoms with Gasteiger partial charge in [-0.2, -0.15) is 0 Å². The molecule has 2 nitrogen and oxygen atoms in total. The van der Waals surface area contributed by atoms with Crippen LogP contribution in [0.4, 0.5) is 4.39 Å². The van der Waals surface area contributed by atoms with E-state index in [4.69, 9.17) is 0 Å². The number of alkyl halides is 1. The Balaban J connectivity index is 2.86. The lowest BCUT2D eigenvalue weighted by Crippen LogP contribution is -2.07. The molecule has 0 saturated heterocycles. The summed E-state index contributed by atoms with van der Waals surface area (Å²) in [5.74, 6) is -0.261.